The van der Waals surface area contributed by atoms with Crippen LogP contribution in [-0.2, 0) is 0 Å². The molecule has 1 saturated carbocycles. The van der Waals surface area contributed by atoms with Gasteiger partial charge in [-0.2, -0.15) is 0 Å². The van der Waals surface area contributed by atoms with Crippen LogP contribution in [0.3, 0.4) is 0 Å². The summed E-state index contributed by atoms with van der Waals surface area (Å²) in [6.45, 7) is 8.76. The summed E-state index contributed by atoms with van der Waals surface area (Å²) >= 11 is 6.38. The zero-order valence-corrected chi connectivity index (χ0v) is 14.1. The van der Waals surface area contributed by atoms with E-state index in [0.717, 1.165) is 22.7 Å². The minimum absolute atomic E-state index is 0.0885. The Bertz CT molecular complexity index is 647. The zero-order valence-electron chi connectivity index (χ0n) is 13.4. The maximum absolute atomic E-state index is 6.38. The topological polar surface area (TPSA) is 30.7 Å². The fourth-order valence-corrected chi connectivity index (χ4v) is 3.52. The van der Waals surface area contributed by atoms with Gasteiger partial charge in [0, 0.05) is 11.7 Å². The molecule has 0 saturated heterocycles. The molecule has 2 aromatic rings. The summed E-state index contributed by atoms with van der Waals surface area (Å²) in [6.07, 6.45) is 4.87. The van der Waals surface area contributed by atoms with E-state index in [1.165, 1.54) is 25.7 Å². The van der Waals surface area contributed by atoms with Crippen molar-refractivity contribution in [2.45, 2.75) is 64.8 Å². The van der Waals surface area contributed by atoms with Gasteiger partial charge in [0.15, 0.2) is 5.65 Å². The first-order chi connectivity index (χ1) is 9.87. The molecule has 0 radical (unpaired) electrons. The highest BCUT2D eigenvalue weighted by molar-refractivity contribution is 6.20. The van der Waals surface area contributed by atoms with E-state index < -0.39 is 0 Å². The maximum atomic E-state index is 6.38. The van der Waals surface area contributed by atoms with E-state index in [1.54, 1.807) is 0 Å². The van der Waals surface area contributed by atoms with E-state index in [1.807, 2.05) is 19.9 Å². The van der Waals surface area contributed by atoms with Crippen molar-refractivity contribution in [3.05, 3.63) is 23.7 Å². The van der Waals surface area contributed by atoms with Gasteiger partial charge in [0.25, 0.3) is 0 Å². The minimum Gasteiger partial charge on any atom is -0.308 e. The summed E-state index contributed by atoms with van der Waals surface area (Å²) in [6, 6.07) is 4.56. The second-order valence-corrected chi connectivity index (χ2v) is 7.80. The monoisotopic (exact) mass is 305 g/mol. The number of aryl methyl sites for hydroxylation is 1. The van der Waals surface area contributed by atoms with E-state index in [0.29, 0.717) is 11.5 Å². The van der Waals surface area contributed by atoms with Crippen molar-refractivity contribution >= 4 is 22.8 Å². The van der Waals surface area contributed by atoms with Crippen LogP contribution in [0.1, 0.15) is 69.4 Å². The first-order valence-corrected chi connectivity index (χ1v) is 8.30. The molecule has 3 rings (SSSR count). The fraction of sp³-hybridized carbons (Fsp3) is 0.647. The third-order valence-corrected chi connectivity index (χ3v) is 4.93. The summed E-state index contributed by atoms with van der Waals surface area (Å²) in [5.74, 6) is 0.967. The Morgan fingerprint density at radius 3 is 2.52 bits per heavy atom. The highest BCUT2D eigenvalue weighted by Crippen LogP contribution is 2.42. The summed E-state index contributed by atoms with van der Waals surface area (Å²) in [5.41, 5.74) is 3.46. The zero-order chi connectivity index (χ0) is 15.2. The molecule has 4 heteroatoms. The number of nitrogens with zero attached hydrogens (tertiary/aromatic N) is 3. The van der Waals surface area contributed by atoms with Crippen molar-refractivity contribution in [3.8, 4) is 0 Å². The van der Waals surface area contributed by atoms with E-state index in [9.17, 15) is 0 Å². The molecular formula is C17H24ClN3. The Morgan fingerprint density at radius 2 is 1.90 bits per heavy atom. The SMILES string of the molecule is Cc1ccc2nc(C(C)Cl)n(C3CCC(C)(C)CC3)c2n1. The molecule has 0 aliphatic heterocycles. The molecule has 1 atom stereocenters. The van der Waals surface area contributed by atoms with Crippen LogP contribution in [0.2, 0.25) is 0 Å². The Morgan fingerprint density at radius 1 is 1.24 bits per heavy atom. The Balaban J connectivity index is 2.07. The van der Waals surface area contributed by atoms with Gasteiger partial charge in [-0.05, 0) is 57.1 Å². The smallest absolute Gasteiger partial charge is 0.160 e. The summed E-state index contributed by atoms with van der Waals surface area (Å²) in [5, 5.41) is -0.0885. The number of fused-ring (bicyclic) bond motifs is 1. The van der Waals surface area contributed by atoms with Crippen molar-refractivity contribution in [2.24, 2.45) is 5.41 Å². The summed E-state index contributed by atoms with van der Waals surface area (Å²) < 4.78 is 2.31. The largest absolute Gasteiger partial charge is 0.308 e. The molecule has 2 aromatic heterocycles. The van der Waals surface area contributed by atoms with Gasteiger partial charge < -0.3 is 4.57 Å². The van der Waals surface area contributed by atoms with Crippen LogP contribution >= 0.6 is 11.6 Å². The van der Waals surface area contributed by atoms with Gasteiger partial charge in [-0.3, -0.25) is 0 Å². The Kier molecular flexibility index (Phi) is 3.73. The van der Waals surface area contributed by atoms with Gasteiger partial charge in [-0.25, -0.2) is 9.97 Å². The first kappa shape index (κ1) is 14.8. The molecular weight excluding hydrogens is 282 g/mol. The molecule has 2 heterocycles. The third kappa shape index (κ3) is 2.80. The number of alkyl halides is 1. The predicted molar refractivity (Wildman–Crippen MR) is 87.8 cm³/mol. The number of rotatable bonds is 2. The van der Waals surface area contributed by atoms with Crippen molar-refractivity contribution in [1.82, 2.24) is 14.5 Å². The second kappa shape index (κ2) is 5.28. The van der Waals surface area contributed by atoms with Crippen molar-refractivity contribution in [2.75, 3.05) is 0 Å². The van der Waals surface area contributed by atoms with Gasteiger partial charge >= 0.3 is 0 Å². The van der Waals surface area contributed by atoms with Crippen molar-refractivity contribution in [1.29, 1.82) is 0 Å². The third-order valence-electron chi connectivity index (χ3n) is 4.73. The molecule has 0 N–H and O–H groups in total. The van der Waals surface area contributed by atoms with Gasteiger partial charge in [-0.1, -0.05) is 13.8 Å². The van der Waals surface area contributed by atoms with Crippen molar-refractivity contribution < 1.29 is 0 Å². The standard InChI is InChI=1S/C17H24ClN3/c1-11-5-6-14-16(19-11)21(15(20-14)12(2)18)13-7-9-17(3,4)10-8-13/h5-6,12-13H,7-10H2,1-4H3. The molecule has 0 bridgehead atoms. The Labute approximate surface area is 131 Å². The molecule has 0 spiro atoms. The first-order valence-electron chi connectivity index (χ1n) is 7.87. The number of pyridine rings is 1. The average Bonchev–Trinajstić information content (AvgIpc) is 2.78. The van der Waals surface area contributed by atoms with Crippen LogP contribution in [0, 0.1) is 12.3 Å². The lowest BCUT2D eigenvalue weighted by molar-refractivity contribution is 0.193. The fourth-order valence-electron chi connectivity index (χ4n) is 3.37. The number of imidazole rings is 1. The van der Waals surface area contributed by atoms with Crippen LogP contribution in [0.5, 0.6) is 0 Å². The number of hydrogen-bond donors (Lipinski definition) is 0. The lowest BCUT2D eigenvalue weighted by Crippen LogP contribution is -2.24. The van der Waals surface area contributed by atoms with Gasteiger partial charge in [0.1, 0.15) is 11.3 Å². The molecule has 3 nitrogen and oxygen atoms in total. The molecule has 1 aliphatic rings. The van der Waals surface area contributed by atoms with Crippen LogP contribution in [-0.4, -0.2) is 14.5 Å². The molecule has 1 fully saturated rings. The molecule has 21 heavy (non-hydrogen) atoms. The van der Waals surface area contributed by atoms with Gasteiger partial charge in [0.05, 0.1) is 5.38 Å². The molecule has 0 amide bonds. The number of hydrogen-bond acceptors (Lipinski definition) is 2. The van der Waals surface area contributed by atoms with Gasteiger partial charge in [-0.15, -0.1) is 11.6 Å². The van der Waals surface area contributed by atoms with E-state index in [2.05, 4.69) is 24.5 Å². The van der Waals surface area contributed by atoms with Crippen LogP contribution < -0.4 is 0 Å². The normalized spacial score (nSPS) is 20.8. The minimum atomic E-state index is -0.0885. The number of halogens is 1. The van der Waals surface area contributed by atoms with Gasteiger partial charge in [0.2, 0.25) is 0 Å². The van der Waals surface area contributed by atoms with E-state index in [4.69, 9.17) is 21.6 Å². The second-order valence-electron chi connectivity index (χ2n) is 7.15. The van der Waals surface area contributed by atoms with Crippen molar-refractivity contribution in [3.63, 3.8) is 0 Å². The molecule has 1 unspecified atom stereocenters. The molecule has 0 aromatic carbocycles. The summed E-state index contributed by atoms with van der Waals surface area (Å²) in [7, 11) is 0. The predicted octanol–water partition coefficient (Wildman–Crippen LogP) is 5.18. The highest BCUT2D eigenvalue weighted by Gasteiger charge is 2.30. The van der Waals surface area contributed by atoms with Crippen LogP contribution in [0.15, 0.2) is 12.1 Å². The van der Waals surface area contributed by atoms with E-state index in [-0.39, 0.29) is 5.38 Å². The Hall–Kier alpha value is -1.09. The van der Waals surface area contributed by atoms with Crippen LogP contribution in [0.4, 0.5) is 0 Å². The molecule has 1 aliphatic carbocycles. The quantitative estimate of drug-likeness (QED) is 0.716. The lowest BCUT2D eigenvalue weighted by atomic mass is 9.75. The lowest BCUT2D eigenvalue weighted by Gasteiger charge is -2.35. The summed E-state index contributed by atoms with van der Waals surface area (Å²) in [4.78, 5) is 9.47. The number of aromatic nitrogens is 3. The average molecular weight is 306 g/mol. The highest BCUT2D eigenvalue weighted by atomic mass is 35.5. The van der Waals surface area contributed by atoms with Crippen LogP contribution in [0.25, 0.3) is 11.2 Å². The molecule has 114 valence electrons. The maximum Gasteiger partial charge on any atom is 0.160 e. The van der Waals surface area contributed by atoms with E-state index >= 15 is 0 Å².